The number of hydrogen-bond donors (Lipinski definition) is 0. The summed E-state index contributed by atoms with van der Waals surface area (Å²) in [4.78, 5) is 37.8. The van der Waals surface area contributed by atoms with E-state index in [9.17, 15) is 14.4 Å². The fraction of sp³-hybridized carbons (Fsp3) is 0.389. The van der Waals surface area contributed by atoms with Gasteiger partial charge in [-0.3, -0.25) is 19.3 Å². The minimum Gasteiger partial charge on any atom is -0.457 e. The molecule has 1 saturated heterocycles. The van der Waals surface area contributed by atoms with Gasteiger partial charge in [-0.05, 0) is 24.5 Å². The molecule has 1 fully saturated rings. The van der Waals surface area contributed by atoms with Crippen LogP contribution in [0.1, 0.15) is 18.9 Å². The molecule has 1 aliphatic heterocycles. The number of nitrogens with zero attached hydrogens (tertiary/aromatic N) is 1. The lowest BCUT2D eigenvalue weighted by Crippen LogP contribution is -2.38. The molecule has 1 aromatic carbocycles. The van der Waals surface area contributed by atoms with Gasteiger partial charge < -0.3 is 4.74 Å². The van der Waals surface area contributed by atoms with E-state index in [0.717, 1.165) is 16.0 Å². The molecule has 5 nitrogen and oxygen atoms in total. The molecule has 2 aliphatic rings. The zero-order valence-electron chi connectivity index (χ0n) is 13.2. The lowest BCUT2D eigenvalue weighted by atomic mass is 9.79. The second-order valence-electron chi connectivity index (χ2n) is 6.12. The van der Waals surface area contributed by atoms with Gasteiger partial charge in [-0.25, -0.2) is 0 Å². The summed E-state index contributed by atoms with van der Waals surface area (Å²) in [6.07, 6.45) is 1.93. The summed E-state index contributed by atoms with van der Waals surface area (Å²) in [5.74, 6) is -1.83. The van der Waals surface area contributed by atoms with E-state index in [1.807, 2.05) is 43.3 Å². The van der Waals surface area contributed by atoms with E-state index >= 15 is 0 Å². The van der Waals surface area contributed by atoms with Crippen LogP contribution in [0.2, 0.25) is 0 Å². The Morgan fingerprint density at radius 3 is 2.61 bits per heavy atom. The van der Waals surface area contributed by atoms with Crippen molar-refractivity contribution in [3.05, 3.63) is 47.5 Å². The molecule has 1 aromatic rings. The molecule has 120 valence electrons. The van der Waals surface area contributed by atoms with Gasteiger partial charge in [-0.2, -0.15) is 0 Å². The Kier molecular flexibility index (Phi) is 4.03. The second-order valence-corrected chi connectivity index (χ2v) is 6.12. The highest BCUT2D eigenvalue weighted by atomic mass is 16.5. The predicted octanol–water partition coefficient (Wildman–Crippen LogP) is 1.72. The van der Waals surface area contributed by atoms with Crippen molar-refractivity contribution >= 4 is 17.8 Å². The van der Waals surface area contributed by atoms with Crippen LogP contribution < -0.4 is 0 Å². The van der Waals surface area contributed by atoms with E-state index < -0.39 is 17.9 Å². The maximum atomic E-state index is 12.3. The first-order chi connectivity index (χ1) is 11.0. The van der Waals surface area contributed by atoms with Crippen LogP contribution in [0.25, 0.3) is 0 Å². The van der Waals surface area contributed by atoms with Crippen molar-refractivity contribution in [1.82, 2.24) is 4.90 Å². The number of carbonyl (C=O) groups is 3. The van der Waals surface area contributed by atoms with E-state index in [0.29, 0.717) is 6.42 Å². The van der Waals surface area contributed by atoms with Crippen LogP contribution >= 0.6 is 0 Å². The Labute approximate surface area is 134 Å². The molecule has 1 heterocycles. The summed E-state index contributed by atoms with van der Waals surface area (Å²) in [5, 5.41) is 0. The third kappa shape index (κ3) is 2.79. The van der Waals surface area contributed by atoms with Crippen molar-refractivity contribution in [3.8, 4) is 0 Å². The van der Waals surface area contributed by atoms with Crippen LogP contribution in [0, 0.1) is 11.8 Å². The highest BCUT2D eigenvalue weighted by molar-refractivity contribution is 6.05. The van der Waals surface area contributed by atoms with Crippen LogP contribution in [0.5, 0.6) is 0 Å². The highest BCUT2D eigenvalue weighted by Crippen LogP contribution is 2.39. The Morgan fingerprint density at radius 1 is 1.22 bits per heavy atom. The minimum atomic E-state index is -0.647. The molecule has 0 spiro atoms. The summed E-state index contributed by atoms with van der Waals surface area (Å²) in [6, 6.07) is 9.31. The molecule has 3 rings (SSSR count). The maximum absolute atomic E-state index is 12.3. The molecule has 1 aliphatic carbocycles. The van der Waals surface area contributed by atoms with Gasteiger partial charge in [0.25, 0.3) is 0 Å². The molecular formula is C18H19NO4. The standard InChI is InChI=1S/C18H19NO4/c1-11-8-9-13-15(18(22)19(2)17(13)21)16(11)23-14(20)10-12-6-4-3-5-7-12/h3-8,13,15-16H,9-10H2,1-2H3/t13-,15-,16+/m0/s1. The highest BCUT2D eigenvalue weighted by Gasteiger charge is 2.52. The summed E-state index contributed by atoms with van der Waals surface area (Å²) in [7, 11) is 1.49. The first kappa shape index (κ1) is 15.5. The molecule has 23 heavy (non-hydrogen) atoms. The van der Waals surface area contributed by atoms with Crippen LogP contribution in [-0.4, -0.2) is 35.8 Å². The third-order valence-corrected chi connectivity index (χ3v) is 4.62. The van der Waals surface area contributed by atoms with Gasteiger partial charge in [0.2, 0.25) is 11.8 Å². The lowest BCUT2D eigenvalue weighted by molar-refractivity contribution is -0.152. The fourth-order valence-corrected chi connectivity index (χ4v) is 3.32. The molecule has 0 saturated carbocycles. The van der Waals surface area contributed by atoms with Crippen LogP contribution in [0.3, 0.4) is 0 Å². The number of ether oxygens (including phenoxy) is 1. The smallest absolute Gasteiger partial charge is 0.310 e. The third-order valence-electron chi connectivity index (χ3n) is 4.62. The lowest BCUT2D eigenvalue weighted by Gasteiger charge is -2.29. The molecule has 0 N–H and O–H groups in total. The van der Waals surface area contributed by atoms with Crippen molar-refractivity contribution in [2.75, 3.05) is 7.05 Å². The van der Waals surface area contributed by atoms with Gasteiger partial charge in [0, 0.05) is 7.05 Å². The average molecular weight is 313 g/mol. The minimum absolute atomic E-state index is 0.153. The molecular weight excluding hydrogens is 294 g/mol. The van der Waals surface area contributed by atoms with Crippen molar-refractivity contribution in [3.63, 3.8) is 0 Å². The van der Waals surface area contributed by atoms with Gasteiger partial charge in [0.15, 0.2) is 0 Å². The Balaban J connectivity index is 1.76. The van der Waals surface area contributed by atoms with E-state index in [4.69, 9.17) is 4.74 Å². The van der Waals surface area contributed by atoms with Crippen molar-refractivity contribution in [1.29, 1.82) is 0 Å². The van der Waals surface area contributed by atoms with Gasteiger partial charge >= 0.3 is 5.97 Å². The van der Waals surface area contributed by atoms with Crippen LogP contribution in [-0.2, 0) is 25.5 Å². The van der Waals surface area contributed by atoms with Crippen molar-refractivity contribution < 1.29 is 19.1 Å². The topological polar surface area (TPSA) is 63.7 Å². The Morgan fingerprint density at radius 2 is 1.91 bits per heavy atom. The van der Waals surface area contributed by atoms with Gasteiger partial charge in [-0.15, -0.1) is 0 Å². The number of carbonyl (C=O) groups excluding carboxylic acids is 3. The molecule has 0 unspecified atom stereocenters. The van der Waals surface area contributed by atoms with Crippen LogP contribution in [0.15, 0.2) is 42.0 Å². The Bertz CT molecular complexity index is 680. The first-order valence-electron chi connectivity index (χ1n) is 7.70. The first-order valence-corrected chi connectivity index (χ1v) is 7.70. The Hall–Kier alpha value is -2.43. The summed E-state index contributed by atoms with van der Waals surface area (Å²) in [5.41, 5.74) is 1.70. The fourth-order valence-electron chi connectivity index (χ4n) is 3.32. The van der Waals surface area contributed by atoms with Gasteiger partial charge in [-0.1, -0.05) is 36.4 Å². The monoisotopic (exact) mass is 313 g/mol. The van der Waals surface area contributed by atoms with E-state index in [1.54, 1.807) is 0 Å². The quantitative estimate of drug-likeness (QED) is 0.484. The number of rotatable bonds is 3. The number of benzene rings is 1. The maximum Gasteiger partial charge on any atom is 0.310 e. The SMILES string of the molecule is CC1=CC[C@@H]2C(=O)N(C)C(=O)[C@@H]2[C@@H]1OC(=O)Cc1ccccc1. The molecule has 0 radical (unpaired) electrons. The molecule has 5 heteroatoms. The summed E-state index contributed by atoms with van der Waals surface area (Å²) in [6.45, 7) is 1.84. The van der Waals surface area contributed by atoms with Crippen LogP contribution in [0.4, 0.5) is 0 Å². The number of amides is 2. The average Bonchev–Trinajstić information content (AvgIpc) is 2.76. The molecule has 3 atom stereocenters. The van der Waals surface area contributed by atoms with Gasteiger partial charge in [0.05, 0.1) is 18.3 Å². The normalized spacial score (nSPS) is 26.8. The number of esters is 1. The molecule has 2 amide bonds. The van der Waals surface area contributed by atoms with E-state index in [2.05, 4.69) is 0 Å². The van der Waals surface area contributed by atoms with Gasteiger partial charge in [0.1, 0.15) is 6.10 Å². The zero-order chi connectivity index (χ0) is 16.6. The van der Waals surface area contributed by atoms with E-state index in [-0.39, 0.29) is 24.2 Å². The predicted molar refractivity (Wildman–Crippen MR) is 83.2 cm³/mol. The number of imide groups is 1. The number of allylic oxidation sites excluding steroid dienone is 1. The zero-order valence-corrected chi connectivity index (χ0v) is 13.2. The number of hydrogen-bond acceptors (Lipinski definition) is 4. The van der Waals surface area contributed by atoms with Crippen molar-refractivity contribution in [2.24, 2.45) is 11.8 Å². The number of likely N-dealkylation sites (tertiary alicyclic amines) is 1. The molecule has 0 bridgehead atoms. The molecule has 0 aromatic heterocycles. The number of fused-ring (bicyclic) bond motifs is 1. The second kappa shape index (κ2) is 5.99. The summed E-state index contributed by atoms with van der Waals surface area (Å²) < 4.78 is 5.58. The van der Waals surface area contributed by atoms with Crippen molar-refractivity contribution in [2.45, 2.75) is 25.9 Å². The van der Waals surface area contributed by atoms with E-state index in [1.165, 1.54) is 7.05 Å². The summed E-state index contributed by atoms with van der Waals surface area (Å²) >= 11 is 0. The largest absolute Gasteiger partial charge is 0.457 e.